The Bertz CT molecular complexity index is 489. The molecule has 4 nitrogen and oxygen atoms in total. The van der Waals surface area contributed by atoms with Crippen molar-refractivity contribution in [3.8, 4) is 5.75 Å². The smallest absolute Gasteiger partial charge is 0.235 e. The molecule has 0 saturated carbocycles. The topological polar surface area (TPSA) is 58.6 Å². The van der Waals surface area contributed by atoms with Gasteiger partial charge in [-0.15, -0.1) is 11.6 Å². The van der Waals surface area contributed by atoms with Crippen molar-refractivity contribution in [1.82, 2.24) is 5.32 Å². The minimum atomic E-state index is -1.14. The van der Waals surface area contributed by atoms with Crippen molar-refractivity contribution in [3.63, 3.8) is 0 Å². The highest BCUT2D eigenvalue weighted by Gasteiger charge is 2.43. The van der Waals surface area contributed by atoms with E-state index >= 15 is 0 Å². The molecule has 1 unspecified atom stereocenters. The minimum Gasteiger partial charge on any atom is -0.487 e. The van der Waals surface area contributed by atoms with E-state index in [9.17, 15) is 9.90 Å². The van der Waals surface area contributed by atoms with E-state index in [-0.39, 0.29) is 18.3 Å². The summed E-state index contributed by atoms with van der Waals surface area (Å²) in [6.07, 6.45) is 0.402. The van der Waals surface area contributed by atoms with Gasteiger partial charge in [0.05, 0.1) is 6.54 Å². The number of nitrogens with one attached hydrogen (secondary N) is 1. The quantitative estimate of drug-likeness (QED) is 0.832. The fourth-order valence-corrected chi connectivity index (χ4v) is 2.62. The van der Waals surface area contributed by atoms with E-state index in [0.29, 0.717) is 17.7 Å². The number of amides is 1. The molecule has 104 valence electrons. The van der Waals surface area contributed by atoms with Gasteiger partial charge in [-0.2, -0.15) is 0 Å². The Hall–Kier alpha value is -1.26. The second-order valence-electron chi connectivity index (χ2n) is 5.48. The SMILES string of the molecule is CC1(C)CC(O)(CNC(=O)CCl)c2ccccc2O1. The van der Waals surface area contributed by atoms with E-state index in [1.165, 1.54) is 0 Å². The highest BCUT2D eigenvalue weighted by molar-refractivity contribution is 6.27. The van der Waals surface area contributed by atoms with Gasteiger partial charge in [-0.1, -0.05) is 18.2 Å². The van der Waals surface area contributed by atoms with Gasteiger partial charge in [0.25, 0.3) is 0 Å². The first-order chi connectivity index (χ1) is 8.86. The van der Waals surface area contributed by atoms with Crippen LogP contribution in [0.2, 0.25) is 0 Å². The number of hydrogen-bond acceptors (Lipinski definition) is 3. The summed E-state index contributed by atoms with van der Waals surface area (Å²) in [5, 5.41) is 13.5. The zero-order chi connectivity index (χ0) is 14.1. The van der Waals surface area contributed by atoms with E-state index in [0.717, 1.165) is 0 Å². The molecule has 1 aliphatic heterocycles. The maximum atomic E-state index is 11.3. The molecule has 0 radical (unpaired) electrons. The minimum absolute atomic E-state index is 0.113. The van der Waals surface area contributed by atoms with Crippen LogP contribution in [-0.4, -0.2) is 29.0 Å². The van der Waals surface area contributed by atoms with Gasteiger partial charge in [0.15, 0.2) is 0 Å². The molecule has 0 spiro atoms. The Morgan fingerprint density at radius 2 is 2.16 bits per heavy atom. The molecular formula is C14H18ClNO3. The summed E-state index contributed by atoms with van der Waals surface area (Å²) in [7, 11) is 0. The number of aliphatic hydroxyl groups is 1. The predicted octanol–water partition coefficient (Wildman–Crippen LogP) is 1.79. The first kappa shape index (κ1) is 14.2. The fourth-order valence-electron chi connectivity index (χ4n) is 2.52. The Balaban J connectivity index is 2.30. The van der Waals surface area contributed by atoms with E-state index in [1.807, 2.05) is 38.1 Å². The summed E-state index contributed by atoms with van der Waals surface area (Å²) in [5.74, 6) is 0.246. The molecule has 2 rings (SSSR count). The lowest BCUT2D eigenvalue weighted by Gasteiger charge is -2.43. The summed E-state index contributed by atoms with van der Waals surface area (Å²) in [6.45, 7) is 3.96. The number of alkyl halides is 1. The largest absolute Gasteiger partial charge is 0.487 e. The Kier molecular flexibility index (Phi) is 3.74. The van der Waals surface area contributed by atoms with Crippen LogP contribution in [0.15, 0.2) is 24.3 Å². The summed E-state index contributed by atoms with van der Waals surface area (Å²) < 4.78 is 5.85. The average Bonchev–Trinajstić information content (AvgIpc) is 2.34. The third-order valence-electron chi connectivity index (χ3n) is 3.19. The van der Waals surface area contributed by atoms with Crippen LogP contribution in [-0.2, 0) is 10.4 Å². The van der Waals surface area contributed by atoms with Crippen molar-refractivity contribution < 1.29 is 14.6 Å². The van der Waals surface area contributed by atoms with Crippen LogP contribution in [0.4, 0.5) is 0 Å². The van der Waals surface area contributed by atoms with E-state index in [4.69, 9.17) is 16.3 Å². The molecule has 0 saturated heterocycles. The summed E-state index contributed by atoms with van der Waals surface area (Å²) in [6, 6.07) is 7.34. The predicted molar refractivity (Wildman–Crippen MR) is 73.4 cm³/mol. The lowest BCUT2D eigenvalue weighted by Crippen LogP contribution is -2.50. The Morgan fingerprint density at radius 3 is 2.84 bits per heavy atom. The molecule has 1 aromatic rings. The lowest BCUT2D eigenvalue weighted by atomic mass is 9.80. The maximum Gasteiger partial charge on any atom is 0.235 e. The summed E-state index contributed by atoms with van der Waals surface area (Å²) in [4.78, 5) is 11.3. The van der Waals surface area contributed by atoms with Gasteiger partial charge < -0.3 is 15.2 Å². The number of carbonyl (C=O) groups excluding carboxylic acids is 1. The molecule has 1 aliphatic rings. The van der Waals surface area contributed by atoms with Crippen molar-refractivity contribution in [3.05, 3.63) is 29.8 Å². The standard InChI is InChI=1S/C14H18ClNO3/c1-13(2)8-14(18,9-16-12(17)7-15)10-5-3-4-6-11(10)19-13/h3-6,18H,7-9H2,1-2H3,(H,16,17). The average molecular weight is 284 g/mol. The number of hydrogen-bond donors (Lipinski definition) is 2. The third kappa shape index (κ3) is 3.01. The zero-order valence-corrected chi connectivity index (χ0v) is 11.8. The van der Waals surface area contributed by atoms with Crippen LogP contribution in [0, 0.1) is 0 Å². The second-order valence-corrected chi connectivity index (χ2v) is 5.74. The number of fused-ring (bicyclic) bond motifs is 1. The molecule has 19 heavy (non-hydrogen) atoms. The molecule has 2 N–H and O–H groups in total. The van der Waals surface area contributed by atoms with Crippen LogP contribution in [0.1, 0.15) is 25.8 Å². The third-order valence-corrected chi connectivity index (χ3v) is 3.43. The number of para-hydroxylation sites is 1. The molecule has 1 atom stereocenters. The van der Waals surface area contributed by atoms with Gasteiger partial charge in [0.1, 0.15) is 22.8 Å². The van der Waals surface area contributed by atoms with Crippen molar-refractivity contribution in [2.24, 2.45) is 0 Å². The van der Waals surface area contributed by atoms with E-state index in [1.54, 1.807) is 0 Å². The highest BCUT2D eigenvalue weighted by Crippen LogP contribution is 2.42. The number of rotatable bonds is 3. The molecule has 5 heteroatoms. The lowest BCUT2D eigenvalue weighted by molar-refractivity contribution is -0.121. The summed E-state index contributed by atoms with van der Waals surface area (Å²) in [5.41, 5.74) is -0.932. The first-order valence-electron chi connectivity index (χ1n) is 6.20. The fraction of sp³-hybridized carbons (Fsp3) is 0.500. The van der Waals surface area contributed by atoms with Gasteiger partial charge in [0.2, 0.25) is 5.91 Å². The van der Waals surface area contributed by atoms with Crippen molar-refractivity contribution >= 4 is 17.5 Å². The summed E-state index contributed by atoms with van der Waals surface area (Å²) >= 11 is 5.45. The van der Waals surface area contributed by atoms with Crippen molar-refractivity contribution in [2.45, 2.75) is 31.5 Å². The van der Waals surface area contributed by atoms with E-state index < -0.39 is 11.2 Å². The van der Waals surface area contributed by atoms with Crippen molar-refractivity contribution in [2.75, 3.05) is 12.4 Å². The maximum absolute atomic E-state index is 11.3. The number of ether oxygens (including phenoxy) is 1. The Labute approximate surface area is 117 Å². The Morgan fingerprint density at radius 1 is 1.47 bits per heavy atom. The van der Waals surface area contributed by atoms with Crippen LogP contribution < -0.4 is 10.1 Å². The zero-order valence-electron chi connectivity index (χ0n) is 11.1. The monoisotopic (exact) mass is 283 g/mol. The molecule has 1 aromatic carbocycles. The number of benzene rings is 1. The molecule has 0 aliphatic carbocycles. The molecule has 0 bridgehead atoms. The van der Waals surface area contributed by atoms with Gasteiger partial charge >= 0.3 is 0 Å². The van der Waals surface area contributed by atoms with Crippen LogP contribution in [0.25, 0.3) is 0 Å². The number of carbonyl (C=O) groups is 1. The highest BCUT2D eigenvalue weighted by atomic mass is 35.5. The van der Waals surface area contributed by atoms with Gasteiger partial charge in [-0.3, -0.25) is 4.79 Å². The van der Waals surface area contributed by atoms with E-state index in [2.05, 4.69) is 5.32 Å². The van der Waals surface area contributed by atoms with Gasteiger partial charge in [-0.25, -0.2) is 0 Å². The van der Waals surface area contributed by atoms with Crippen LogP contribution >= 0.6 is 11.6 Å². The molecule has 1 amide bonds. The molecule has 0 fully saturated rings. The molecular weight excluding hydrogens is 266 g/mol. The first-order valence-corrected chi connectivity index (χ1v) is 6.73. The molecule has 0 aromatic heterocycles. The normalized spacial score (nSPS) is 24.2. The van der Waals surface area contributed by atoms with Gasteiger partial charge in [-0.05, 0) is 19.9 Å². The second kappa shape index (κ2) is 5.02. The van der Waals surface area contributed by atoms with Crippen molar-refractivity contribution in [1.29, 1.82) is 0 Å². The van der Waals surface area contributed by atoms with Crippen LogP contribution in [0.5, 0.6) is 5.75 Å². The number of halogens is 1. The van der Waals surface area contributed by atoms with Gasteiger partial charge in [0, 0.05) is 12.0 Å². The molecule has 1 heterocycles. The van der Waals surface area contributed by atoms with Crippen LogP contribution in [0.3, 0.4) is 0 Å².